The molecule has 0 heterocycles. The molecule has 1 aliphatic rings. The van der Waals surface area contributed by atoms with E-state index in [1.54, 1.807) is 6.92 Å². The smallest absolute Gasteiger partial charge is 0.207 e. The molecule has 1 fully saturated rings. The second kappa shape index (κ2) is 5.06. The minimum absolute atomic E-state index is 0.265. The van der Waals surface area contributed by atoms with Crippen LogP contribution in [0.5, 0.6) is 5.75 Å². The van der Waals surface area contributed by atoms with Gasteiger partial charge < -0.3 is 4.74 Å². The highest BCUT2D eigenvalue weighted by molar-refractivity contribution is 6.21. The van der Waals surface area contributed by atoms with E-state index in [1.807, 2.05) is 6.92 Å². The van der Waals surface area contributed by atoms with Crippen molar-refractivity contribution in [2.24, 2.45) is 5.41 Å². The molecule has 0 N–H and O–H groups in total. The molecule has 0 bridgehead atoms. The highest BCUT2D eigenvalue weighted by Gasteiger charge is 2.52. The van der Waals surface area contributed by atoms with E-state index < -0.39 is 46.4 Å². The third-order valence-electron chi connectivity index (χ3n) is 4.06. The Hall–Kier alpha value is -1.04. The molecule has 0 spiro atoms. The molecule has 0 aromatic heterocycles. The molecule has 0 amide bonds. The van der Waals surface area contributed by atoms with Gasteiger partial charge in [-0.1, -0.05) is 13.8 Å². The number of halogens is 6. The molecule has 1 aromatic rings. The zero-order valence-electron chi connectivity index (χ0n) is 10.7. The molecule has 2 rings (SSSR count). The summed E-state index contributed by atoms with van der Waals surface area (Å²) in [4.78, 5) is 0. The topological polar surface area (TPSA) is 9.23 Å². The summed E-state index contributed by atoms with van der Waals surface area (Å²) in [6, 6.07) is 0. The lowest BCUT2D eigenvalue weighted by Crippen LogP contribution is -2.55. The molecular weight excluding hydrogens is 303 g/mol. The van der Waals surface area contributed by atoms with Gasteiger partial charge in [-0.3, -0.25) is 0 Å². The fourth-order valence-corrected chi connectivity index (χ4v) is 2.69. The van der Waals surface area contributed by atoms with E-state index in [4.69, 9.17) is 16.3 Å². The van der Waals surface area contributed by atoms with Crippen molar-refractivity contribution in [2.45, 2.75) is 38.2 Å². The van der Waals surface area contributed by atoms with E-state index in [9.17, 15) is 22.0 Å². The van der Waals surface area contributed by atoms with Gasteiger partial charge in [0.1, 0.15) is 6.10 Å². The zero-order chi connectivity index (χ0) is 15.2. The van der Waals surface area contributed by atoms with Crippen molar-refractivity contribution >= 4 is 11.6 Å². The molecule has 112 valence electrons. The number of alkyl halides is 1. The summed E-state index contributed by atoms with van der Waals surface area (Å²) < 4.78 is 71.0. The Kier molecular flexibility index (Phi) is 3.88. The van der Waals surface area contributed by atoms with E-state index in [-0.39, 0.29) is 11.8 Å². The van der Waals surface area contributed by atoms with Gasteiger partial charge in [-0.15, -0.1) is 11.6 Å². The molecule has 1 aliphatic carbocycles. The van der Waals surface area contributed by atoms with Crippen LogP contribution in [0.2, 0.25) is 0 Å². The van der Waals surface area contributed by atoms with Crippen molar-refractivity contribution in [1.29, 1.82) is 0 Å². The summed E-state index contributed by atoms with van der Waals surface area (Å²) in [6.45, 7) is 3.55. The Balaban J connectivity index is 2.37. The molecule has 1 saturated carbocycles. The molecule has 0 radical (unpaired) electrons. The van der Waals surface area contributed by atoms with Crippen molar-refractivity contribution in [1.82, 2.24) is 0 Å². The van der Waals surface area contributed by atoms with Gasteiger partial charge in [-0.2, -0.15) is 8.78 Å². The van der Waals surface area contributed by atoms with Gasteiger partial charge in [0.05, 0.1) is 0 Å². The second-order valence-corrected chi connectivity index (χ2v) is 5.59. The van der Waals surface area contributed by atoms with Crippen LogP contribution in [0.4, 0.5) is 22.0 Å². The summed E-state index contributed by atoms with van der Waals surface area (Å²) in [5, 5.41) is -0.265. The van der Waals surface area contributed by atoms with Crippen LogP contribution in [-0.2, 0) is 0 Å². The first-order chi connectivity index (χ1) is 9.24. The van der Waals surface area contributed by atoms with Crippen molar-refractivity contribution in [2.75, 3.05) is 0 Å². The Morgan fingerprint density at radius 1 is 1.05 bits per heavy atom. The average Bonchev–Trinajstić information content (AvgIpc) is 2.45. The first-order valence-corrected chi connectivity index (χ1v) is 6.49. The lowest BCUT2D eigenvalue weighted by molar-refractivity contribution is -0.0346. The van der Waals surface area contributed by atoms with Gasteiger partial charge in [-0.05, 0) is 6.42 Å². The predicted octanol–water partition coefficient (Wildman–Crippen LogP) is 4.56. The molecule has 20 heavy (non-hydrogen) atoms. The molecular formula is C13H12ClF5O. The molecule has 3 atom stereocenters. The minimum Gasteiger partial charge on any atom is -0.484 e. The van der Waals surface area contributed by atoms with Gasteiger partial charge >= 0.3 is 0 Å². The van der Waals surface area contributed by atoms with Crippen LogP contribution in [0.15, 0.2) is 0 Å². The fraction of sp³-hybridized carbons (Fsp3) is 0.538. The molecule has 7 heteroatoms. The van der Waals surface area contributed by atoms with Crippen molar-refractivity contribution in [3.63, 3.8) is 0 Å². The van der Waals surface area contributed by atoms with Gasteiger partial charge in [0.25, 0.3) is 0 Å². The summed E-state index contributed by atoms with van der Waals surface area (Å²) in [5.41, 5.74) is -0.568. The van der Waals surface area contributed by atoms with Crippen molar-refractivity contribution in [3.05, 3.63) is 29.1 Å². The van der Waals surface area contributed by atoms with Gasteiger partial charge in [0.2, 0.25) is 29.1 Å². The third kappa shape index (κ3) is 2.05. The Morgan fingerprint density at radius 3 is 1.90 bits per heavy atom. The maximum atomic E-state index is 13.5. The van der Waals surface area contributed by atoms with Crippen LogP contribution in [0.1, 0.15) is 26.7 Å². The maximum Gasteiger partial charge on any atom is 0.207 e. The average molecular weight is 315 g/mol. The van der Waals surface area contributed by atoms with Crippen LogP contribution in [0, 0.1) is 34.5 Å². The van der Waals surface area contributed by atoms with Gasteiger partial charge in [0.15, 0.2) is 5.75 Å². The van der Waals surface area contributed by atoms with Crippen LogP contribution in [-0.4, -0.2) is 11.5 Å². The van der Waals surface area contributed by atoms with Crippen LogP contribution in [0.3, 0.4) is 0 Å². The SMILES string of the molecule is CCC1(C)C(Cl)CC1Oc1c(F)c(F)c(F)c(F)c1F. The van der Waals surface area contributed by atoms with Gasteiger partial charge in [-0.25, -0.2) is 13.2 Å². The third-order valence-corrected chi connectivity index (χ3v) is 4.74. The van der Waals surface area contributed by atoms with Crippen LogP contribution >= 0.6 is 11.6 Å². The monoisotopic (exact) mass is 314 g/mol. The molecule has 0 aliphatic heterocycles. The number of hydrogen-bond acceptors (Lipinski definition) is 1. The predicted molar refractivity (Wildman–Crippen MR) is 63.3 cm³/mol. The lowest BCUT2D eigenvalue weighted by atomic mass is 9.65. The highest BCUT2D eigenvalue weighted by atomic mass is 35.5. The summed E-state index contributed by atoms with van der Waals surface area (Å²) >= 11 is 6.01. The Morgan fingerprint density at radius 2 is 1.50 bits per heavy atom. The van der Waals surface area contributed by atoms with E-state index in [0.717, 1.165) is 0 Å². The second-order valence-electron chi connectivity index (χ2n) is 5.07. The molecule has 1 aromatic carbocycles. The maximum absolute atomic E-state index is 13.5. The Bertz CT molecular complexity index is 521. The summed E-state index contributed by atoms with van der Waals surface area (Å²) in [7, 11) is 0. The first kappa shape index (κ1) is 15.4. The van der Waals surface area contributed by atoms with Crippen molar-refractivity contribution < 1.29 is 26.7 Å². The zero-order valence-corrected chi connectivity index (χ0v) is 11.5. The van der Waals surface area contributed by atoms with E-state index in [2.05, 4.69) is 0 Å². The standard InChI is InChI=1S/C13H12ClF5O/c1-3-13(2)5(14)4-6(13)20-12-10(18)8(16)7(15)9(17)11(12)19/h5-6H,3-4H2,1-2H3. The number of benzene rings is 1. The van der Waals surface area contributed by atoms with E-state index in [0.29, 0.717) is 6.42 Å². The Labute approximate surface area is 117 Å². The fourth-order valence-electron chi connectivity index (χ4n) is 2.23. The summed E-state index contributed by atoms with van der Waals surface area (Å²) in [5.74, 6) is -11.4. The largest absolute Gasteiger partial charge is 0.484 e. The normalized spacial score (nSPS) is 29.2. The number of hydrogen-bond donors (Lipinski definition) is 0. The van der Waals surface area contributed by atoms with Gasteiger partial charge in [0, 0.05) is 17.2 Å². The quantitative estimate of drug-likeness (QED) is 0.344. The van der Waals surface area contributed by atoms with Crippen molar-refractivity contribution in [3.8, 4) is 5.75 Å². The molecule has 1 nitrogen and oxygen atoms in total. The molecule has 0 saturated heterocycles. The van der Waals surface area contributed by atoms with Crippen LogP contribution in [0.25, 0.3) is 0 Å². The first-order valence-electron chi connectivity index (χ1n) is 6.06. The highest BCUT2D eigenvalue weighted by Crippen LogP contribution is 2.49. The number of rotatable bonds is 3. The summed E-state index contributed by atoms with van der Waals surface area (Å²) in [6.07, 6.45) is 0.148. The minimum atomic E-state index is -2.20. The van der Waals surface area contributed by atoms with E-state index >= 15 is 0 Å². The lowest BCUT2D eigenvalue weighted by Gasteiger charge is -2.50. The van der Waals surface area contributed by atoms with E-state index in [1.165, 1.54) is 0 Å². The van der Waals surface area contributed by atoms with Crippen LogP contribution < -0.4 is 4.74 Å². The molecule has 3 unspecified atom stereocenters. The number of ether oxygens (including phenoxy) is 1.